The lowest BCUT2D eigenvalue weighted by atomic mass is 10.0. The Kier molecular flexibility index (Phi) is 6.49. The molecular weight excluding hydrogens is 267 g/mol. The van der Waals surface area contributed by atoms with E-state index in [4.69, 9.17) is 10.5 Å². The summed E-state index contributed by atoms with van der Waals surface area (Å²) in [7, 11) is 0. The van der Waals surface area contributed by atoms with Gasteiger partial charge in [0.15, 0.2) is 0 Å². The van der Waals surface area contributed by atoms with Crippen molar-refractivity contribution in [3.8, 4) is 0 Å². The van der Waals surface area contributed by atoms with Crippen molar-refractivity contribution in [2.75, 3.05) is 13.2 Å². The molecule has 5 heteroatoms. The van der Waals surface area contributed by atoms with E-state index in [0.29, 0.717) is 18.1 Å². The summed E-state index contributed by atoms with van der Waals surface area (Å²) in [5.41, 5.74) is 5.65. The third-order valence-electron chi connectivity index (χ3n) is 3.12. The standard InChI is InChI=1S/C15H22F3NO/c1-3-5-11(2)9-20-10-14(19)12-6-4-7-13(8-12)15(16,17)18/h4,6-8,11,14H,3,5,9-10,19H2,1-2H3. The molecule has 0 amide bonds. The topological polar surface area (TPSA) is 35.2 Å². The first kappa shape index (κ1) is 17.0. The minimum absolute atomic E-state index is 0.232. The number of ether oxygens (including phenoxy) is 1. The van der Waals surface area contributed by atoms with Gasteiger partial charge in [0.2, 0.25) is 0 Å². The summed E-state index contributed by atoms with van der Waals surface area (Å²) >= 11 is 0. The van der Waals surface area contributed by atoms with Gasteiger partial charge >= 0.3 is 6.18 Å². The van der Waals surface area contributed by atoms with Crippen molar-refractivity contribution in [3.63, 3.8) is 0 Å². The van der Waals surface area contributed by atoms with Gasteiger partial charge in [-0.05, 0) is 30.0 Å². The molecule has 20 heavy (non-hydrogen) atoms. The molecule has 0 heterocycles. The van der Waals surface area contributed by atoms with Crippen molar-refractivity contribution < 1.29 is 17.9 Å². The van der Waals surface area contributed by atoms with E-state index in [2.05, 4.69) is 13.8 Å². The van der Waals surface area contributed by atoms with Crippen LogP contribution in [0.3, 0.4) is 0 Å². The molecule has 0 saturated carbocycles. The molecule has 2 atom stereocenters. The average Bonchev–Trinajstić information content (AvgIpc) is 2.38. The Morgan fingerprint density at radius 1 is 1.25 bits per heavy atom. The summed E-state index contributed by atoms with van der Waals surface area (Å²) in [4.78, 5) is 0. The predicted molar refractivity (Wildman–Crippen MR) is 73.3 cm³/mol. The average molecular weight is 289 g/mol. The van der Waals surface area contributed by atoms with Gasteiger partial charge in [-0.25, -0.2) is 0 Å². The summed E-state index contributed by atoms with van der Waals surface area (Å²) in [5, 5.41) is 0. The zero-order chi connectivity index (χ0) is 15.2. The molecule has 2 N–H and O–H groups in total. The molecule has 1 rings (SSSR count). The molecule has 1 aromatic rings. The molecule has 0 aliphatic heterocycles. The van der Waals surface area contributed by atoms with Gasteiger partial charge in [0.1, 0.15) is 0 Å². The van der Waals surface area contributed by atoms with Crippen LogP contribution in [-0.2, 0) is 10.9 Å². The van der Waals surface area contributed by atoms with Crippen LogP contribution in [0.4, 0.5) is 13.2 Å². The Hall–Kier alpha value is -1.07. The Labute approximate surface area is 118 Å². The Morgan fingerprint density at radius 2 is 1.95 bits per heavy atom. The van der Waals surface area contributed by atoms with Crippen LogP contribution >= 0.6 is 0 Å². The third-order valence-corrected chi connectivity index (χ3v) is 3.12. The van der Waals surface area contributed by atoms with Crippen LogP contribution in [0.15, 0.2) is 24.3 Å². The number of hydrogen-bond acceptors (Lipinski definition) is 2. The molecule has 0 aliphatic carbocycles. The van der Waals surface area contributed by atoms with Crippen molar-refractivity contribution in [1.29, 1.82) is 0 Å². The second kappa shape index (κ2) is 7.64. The Bertz CT molecular complexity index is 406. The first-order chi connectivity index (χ1) is 9.34. The smallest absolute Gasteiger partial charge is 0.379 e. The minimum Gasteiger partial charge on any atom is -0.379 e. The van der Waals surface area contributed by atoms with Crippen LogP contribution in [0.25, 0.3) is 0 Å². The number of nitrogens with two attached hydrogens (primary N) is 1. The minimum atomic E-state index is -4.34. The zero-order valence-electron chi connectivity index (χ0n) is 11.9. The van der Waals surface area contributed by atoms with Crippen LogP contribution in [0.5, 0.6) is 0 Å². The van der Waals surface area contributed by atoms with Crippen molar-refractivity contribution in [1.82, 2.24) is 0 Å². The lowest BCUT2D eigenvalue weighted by Gasteiger charge is -2.16. The van der Waals surface area contributed by atoms with Gasteiger partial charge in [-0.3, -0.25) is 0 Å². The first-order valence-corrected chi connectivity index (χ1v) is 6.85. The van der Waals surface area contributed by atoms with Gasteiger partial charge in [0.05, 0.1) is 18.2 Å². The highest BCUT2D eigenvalue weighted by Gasteiger charge is 2.30. The van der Waals surface area contributed by atoms with E-state index < -0.39 is 17.8 Å². The van der Waals surface area contributed by atoms with Gasteiger partial charge in [-0.2, -0.15) is 13.2 Å². The molecular formula is C15H22F3NO. The van der Waals surface area contributed by atoms with Crippen LogP contribution in [0, 0.1) is 5.92 Å². The maximum Gasteiger partial charge on any atom is 0.416 e. The SMILES string of the molecule is CCCC(C)COCC(N)c1cccc(C(F)(F)F)c1. The van der Waals surface area contributed by atoms with E-state index in [0.717, 1.165) is 25.0 Å². The number of halogens is 3. The van der Waals surface area contributed by atoms with Crippen LogP contribution in [0.2, 0.25) is 0 Å². The van der Waals surface area contributed by atoms with E-state index in [1.54, 1.807) is 6.07 Å². The van der Waals surface area contributed by atoms with Gasteiger partial charge in [0, 0.05) is 6.61 Å². The fourth-order valence-electron chi connectivity index (χ4n) is 2.01. The number of alkyl halides is 3. The van der Waals surface area contributed by atoms with E-state index in [-0.39, 0.29) is 6.61 Å². The summed E-state index contributed by atoms with van der Waals surface area (Å²) in [5.74, 6) is 0.439. The highest BCUT2D eigenvalue weighted by atomic mass is 19.4. The summed E-state index contributed by atoms with van der Waals surface area (Å²) in [6, 6.07) is 4.56. The van der Waals surface area contributed by atoms with E-state index in [9.17, 15) is 13.2 Å². The maximum atomic E-state index is 12.6. The normalized spacial score (nSPS) is 15.1. The monoisotopic (exact) mass is 289 g/mol. The zero-order valence-corrected chi connectivity index (χ0v) is 11.9. The molecule has 1 aromatic carbocycles. The van der Waals surface area contributed by atoms with Crippen molar-refractivity contribution >= 4 is 0 Å². The Morgan fingerprint density at radius 3 is 2.55 bits per heavy atom. The number of rotatable bonds is 7. The van der Waals surface area contributed by atoms with Gasteiger partial charge in [0.25, 0.3) is 0 Å². The fourth-order valence-corrected chi connectivity index (χ4v) is 2.01. The molecule has 0 bridgehead atoms. The van der Waals surface area contributed by atoms with Gasteiger partial charge in [-0.15, -0.1) is 0 Å². The van der Waals surface area contributed by atoms with Gasteiger partial charge < -0.3 is 10.5 Å². The number of hydrogen-bond donors (Lipinski definition) is 1. The Balaban J connectivity index is 2.53. The van der Waals surface area contributed by atoms with E-state index in [1.165, 1.54) is 6.07 Å². The summed E-state index contributed by atoms with van der Waals surface area (Å²) in [6.07, 6.45) is -2.19. The molecule has 0 aromatic heterocycles. The van der Waals surface area contributed by atoms with Crippen LogP contribution < -0.4 is 5.73 Å². The lowest BCUT2D eigenvalue weighted by molar-refractivity contribution is -0.137. The molecule has 2 nitrogen and oxygen atoms in total. The van der Waals surface area contributed by atoms with Crippen molar-refractivity contribution in [2.45, 2.75) is 38.9 Å². The molecule has 0 saturated heterocycles. The molecule has 114 valence electrons. The highest BCUT2D eigenvalue weighted by molar-refractivity contribution is 5.27. The fraction of sp³-hybridized carbons (Fsp3) is 0.600. The largest absolute Gasteiger partial charge is 0.416 e. The third kappa shape index (κ3) is 5.51. The van der Waals surface area contributed by atoms with Crippen molar-refractivity contribution in [2.24, 2.45) is 11.7 Å². The van der Waals surface area contributed by atoms with E-state index >= 15 is 0 Å². The molecule has 2 unspecified atom stereocenters. The highest BCUT2D eigenvalue weighted by Crippen LogP contribution is 2.30. The van der Waals surface area contributed by atoms with Crippen molar-refractivity contribution in [3.05, 3.63) is 35.4 Å². The van der Waals surface area contributed by atoms with E-state index in [1.807, 2.05) is 0 Å². The first-order valence-electron chi connectivity index (χ1n) is 6.85. The second-order valence-corrected chi connectivity index (χ2v) is 5.16. The molecule has 0 fully saturated rings. The maximum absolute atomic E-state index is 12.6. The summed E-state index contributed by atoms with van der Waals surface area (Å²) in [6.45, 7) is 5.00. The second-order valence-electron chi connectivity index (χ2n) is 5.16. The van der Waals surface area contributed by atoms with Crippen LogP contribution in [-0.4, -0.2) is 13.2 Å². The quantitative estimate of drug-likeness (QED) is 0.818. The lowest BCUT2D eigenvalue weighted by Crippen LogP contribution is -2.20. The molecule has 0 aliphatic rings. The van der Waals surface area contributed by atoms with Crippen LogP contribution in [0.1, 0.15) is 43.9 Å². The summed E-state index contributed by atoms with van der Waals surface area (Å²) < 4.78 is 43.3. The van der Waals surface area contributed by atoms with Gasteiger partial charge in [-0.1, -0.05) is 32.4 Å². The molecule has 0 radical (unpaired) electrons. The number of benzene rings is 1. The molecule has 0 spiro atoms. The predicted octanol–water partition coefficient (Wildman–Crippen LogP) is 4.16.